The number of hydrogen-bond acceptors (Lipinski definition) is 9. The molecule has 9 heterocycles. The molecular formula is C108H135N9. The first-order chi connectivity index (χ1) is 57.4. The van der Waals surface area contributed by atoms with Crippen LogP contribution < -0.4 is 0 Å². The Balaban J connectivity index is 0.000000642. The molecule has 18 aromatic rings. The number of pyridine rings is 9. The maximum Gasteiger partial charge on any atom is 0.0731 e. The maximum atomic E-state index is 4.28. The van der Waals surface area contributed by atoms with Crippen LogP contribution in [0.15, 0.2) is 329 Å². The summed E-state index contributed by atoms with van der Waals surface area (Å²) in [6.07, 6.45) is 22.3. The third kappa shape index (κ3) is 35.1. The fraction of sp³-hybridized carbons (Fsp3) is 0.250. The van der Waals surface area contributed by atoms with Crippen LogP contribution in [0.25, 0.3) is 97.6 Å². The van der Waals surface area contributed by atoms with Crippen molar-refractivity contribution in [1.82, 2.24) is 44.9 Å². The van der Waals surface area contributed by atoms with E-state index in [1.165, 1.54) is 115 Å². The lowest BCUT2D eigenvalue weighted by Crippen LogP contribution is -1.80. The normalized spacial score (nSPS) is 9.15. The van der Waals surface area contributed by atoms with E-state index in [9.17, 15) is 0 Å². The lowest BCUT2D eigenvalue weighted by Gasteiger charge is -1.98. The molecule has 0 aliphatic rings. The van der Waals surface area contributed by atoms with Crippen LogP contribution in [-0.4, -0.2) is 44.9 Å². The number of fused-ring (bicyclic) bond motifs is 9. The molecule has 0 fully saturated rings. The summed E-state index contributed by atoms with van der Waals surface area (Å²) in [5, 5.41) is 16.2. The van der Waals surface area contributed by atoms with Crippen molar-refractivity contribution in [3.8, 4) is 0 Å². The minimum atomic E-state index is 1.07. The van der Waals surface area contributed by atoms with Gasteiger partial charge >= 0.3 is 0 Å². The van der Waals surface area contributed by atoms with E-state index in [1.54, 1.807) is 0 Å². The smallest absolute Gasteiger partial charge is 0.0731 e. The summed E-state index contributed by atoms with van der Waals surface area (Å²) in [4.78, 5) is 37.7. The highest BCUT2D eigenvalue weighted by Gasteiger charge is 2.00. The van der Waals surface area contributed by atoms with Gasteiger partial charge in [0, 0.05) is 129 Å². The minimum Gasteiger partial charge on any atom is -0.264 e. The molecule has 0 saturated carbocycles. The van der Waals surface area contributed by atoms with Crippen LogP contribution in [0.4, 0.5) is 0 Å². The van der Waals surface area contributed by atoms with Gasteiger partial charge in [0.25, 0.3) is 0 Å². The number of aryl methyl sites for hydroxylation is 9. The molecule has 0 atom stereocenters. The van der Waals surface area contributed by atoms with Gasteiger partial charge in [-0.15, -0.1) is 0 Å². The van der Waals surface area contributed by atoms with E-state index in [4.69, 9.17) is 0 Å². The van der Waals surface area contributed by atoms with Crippen molar-refractivity contribution in [2.75, 3.05) is 0 Å². The van der Waals surface area contributed by atoms with Gasteiger partial charge in [-0.3, -0.25) is 44.9 Å². The molecule has 0 bridgehead atoms. The average molecular weight is 1560 g/mol. The van der Waals surface area contributed by atoms with Gasteiger partial charge in [0.05, 0.1) is 27.6 Å². The van der Waals surface area contributed by atoms with Gasteiger partial charge in [0.15, 0.2) is 0 Å². The summed E-state index contributed by atoms with van der Waals surface area (Å²) in [6.45, 7) is 54.7. The molecular weight excluding hydrogens is 1420 g/mol. The average Bonchev–Trinajstić information content (AvgIpc) is 1.55. The topological polar surface area (TPSA) is 116 Å². The quantitative estimate of drug-likeness (QED) is 0.146. The van der Waals surface area contributed by atoms with Crippen LogP contribution in [0.3, 0.4) is 0 Å². The molecule has 117 heavy (non-hydrogen) atoms. The van der Waals surface area contributed by atoms with Gasteiger partial charge in [-0.2, -0.15) is 0 Å². The summed E-state index contributed by atoms with van der Waals surface area (Å²) in [5.74, 6) is 0. The molecule has 0 spiro atoms. The number of para-hydroxylation sites is 3. The standard InChI is InChI=1S/9C10H9N.9C2H6/c1-8-4-2-6-10-9(8)5-3-7-11-10;1-8-4-2-5-9-6-3-7-11-10(8)9;1-8-4-5-10-9(7-8)3-2-6-11-10;1-8-3-2-4-9-7-11-6-5-10(8)9;1-8-3-2-4-9-5-6-11-7-10(8)9;1-8-6-11-7-9-4-2-3-5-10(8)9;1-8-6-9-4-2-3-5-10(9)11-7-8;1-8-10-5-3-2-4-9(10)6-7-11-8;1-8-6-7-11-10-5-3-2-4-9(8)10;9*1-2/h9*2-7H,1H3;9*1-2H3. The second-order valence-corrected chi connectivity index (χ2v) is 24.0. The zero-order chi connectivity index (χ0) is 87.1. The van der Waals surface area contributed by atoms with Gasteiger partial charge in [0.1, 0.15) is 0 Å². The number of benzene rings is 9. The van der Waals surface area contributed by atoms with Crippen molar-refractivity contribution < 1.29 is 0 Å². The Kier molecular flexibility index (Phi) is 55.3. The van der Waals surface area contributed by atoms with Crippen molar-refractivity contribution in [3.05, 3.63) is 379 Å². The molecule has 9 nitrogen and oxygen atoms in total. The third-order valence-corrected chi connectivity index (χ3v) is 16.6. The van der Waals surface area contributed by atoms with Crippen LogP contribution in [0.5, 0.6) is 0 Å². The van der Waals surface area contributed by atoms with Crippen LogP contribution in [0, 0.1) is 62.3 Å². The van der Waals surface area contributed by atoms with E-state index < -0.39 is 0 Å². The van der Waals surface area contributed by atoms with Crippen molar-refractivity contribution in [2.45, 2.75) is 187 Å². The second-order valence-electron chi connectivity index (χ2n) is 24.0. The summed E-state index contributed by atoms with van der Waals surface area (Å²) in [7, 11) is 0. The fourth-order valence-electron chi connectivity index (χ4n) is 11.2. The maximum absolute atomic E-state index is 4.28. The van der Waals surface area contributed by atoms with Crippen LogP contribution >= 0.6 is 0 Å². The zero-order valence-corrected chi connectivity index (χ0v) is 75.7. The predicted octanol–water partition coefficient (Wildman–Crippen LogP) is 32.1. The molecule has 9 aromatic carbocycles. The van der Waals surface area contributed by atoms with E-state index in [1.807, 2.05) is 321 Å². The van der Waals surface area contributed by atoms with E-state index in [2.05, 4.69) is 240 Å². The molecule has 0 aliphatic heterocycles. The Morgan fingerprint density at radius 2 is 0.538 bits per heavy atom. The molecule has 0 aliphatic carbocycles. The van der Waals surface area contributed by atoms with Gasteiger partial charge in [-0.25, -0.2) is 0 Å². The molecule has 612 valence electrons. The SMILES string of the molecule is CC.CC.CC.CC.CC.CC.CC.CC.CC.Cc1ccc2ncccc2c1.Cc1cccc2cccnc12.Cc1cccc2ccncc12.Cc1cccc2cnccc12.Cc1cccc2ncccc12.Cc1ccnc2ccccc12.Cc1cnc2ccccc2c1.Cc1cncc2ccccc12.Cc1nccc2ccccc12. The summed E-state index contributed by atoms with van der Waals surface area (Å²) in [5.41, 5.74) is 16.6. The predicted molar refractivity (Wildman–Crippen MR) is 520 cm³/mol. The van der Waals surface area contributed by atoms with Crippen molar-refractivity contribution >= 4 is 97.6 Å². The molecule has 18 rings (SSSR count). The molecule has 0 radical (unpaired) electrons. The first-order valence-corrected chi connectivity index (χ1v) is 42.1. The van der Waals surface area contributed by atoms with Crippen LogP contribution in [-0.2, 0) is 0 Å². The monoisotopic (exact) mass is 1560 g/mol. The minimum absolute atomic E-state index is 1.07. The highest BCUT2D eigenvalue weighted by molar-refractivity contribution is 5.88. The van der Waals surface area contributed by atoms with Gasteiger partial charge in [-0.05, 0) is 202 Å². The Labute approximate surface area is 704 Å². The van der Waals surface area contributed by atoms with Gasteiger partial charge in [-0.1, -0.05) is 306 Å². The largest absolute Gasteiger partial charge is 0.264 e. The number of aromatic nitrogens is 9. The van der Waals surface area contributed by atoms with Crippen molar-refractivity contribution in [3.63, 3.8) is 0 Å². The highest BCUT2D eigenvalue weighted by Crippen LogP contribution is 2.21. The first-order valence-electron chi connectivity index (χ1n) is 42.1. The first kappa shape index (κ1) is 103. The summed E-state index contributed by atoms with van der Waals surface area (Å²) < 4.78 is 0. The number of hydrogen-bond donors (Lipinski definition) is 0. The van der Waals surface area contributed by atoms with E-state index in [-0.39, 0.29) is 0 Å². The Hall–Kier alpha value is -12.3. The molecule has 9 aromatic heterocycles. The lowest BCUT2D eigenvalue weighted by atomic mass is 10.1. The zero-order valence-electron chi connectivity index (χ0n) is 75.7. The number of nitrogens with zero attached hydrogens (tertiary/aromatic N) is 9. The Morgan fingerprint density at radius 3 is 1.14 bits per heavy atom. The van der Waals surface area contributed by atoms with Crippen LogP contribution in [0.2, 0.25) is 0 Å². The molecule has 9 heteroatoms. The molecule has 0 unspecified atom stereocenters. The van der Waals surface area contributed by atoms with E-state index >= 15 is 0 Å². The van der Waals surface area contributed by atoms with E-state index in [0.717, 1.165) is 33.3 Å². The Morgan fingerprint density at radius 1 is 0.171 bits per heavy atom. The second kappa shape index (κ2) is 63.0. The lowest BCUT2D eigenvalue weighted by molar-refractivity contribution is 1.24. The molecule has 0 saturated heterocycles. The number of rotatable bonds is 0. The summed E-state index contributed by atoms with van der Waals surface area (Å²) >= 11 is 0. The Bertz CT molecular complexity index is 4730. The fourth-order valence-corrected chi connectivity index (χ4v) is 11.2. The van der Waals surface area contributed by atoms with Gasteiger partial charge in [0.2, 0.25) is 0 Å². The molecule has 0 amide bonds. The third-order valence-electron chi connectivity index (χ3n) is 16.6. The van der Waals surface area contributed by atoms with Gasteiger partial charge < -0.3 is 0 Å². The van der Waals surface area contributed by atoms with E-state index in [0.29, 0.717) is 0 Å². The summed E-state index contributed by atoms with van der Waals surface area (Å²) in [6, 6.07) is 86.4. The highest BCUT2D eigenvalue weighted by atomic mass is 14.7. The molecule has 0 N–H and O–H groups in total. The van der Waals surface area contributed by atoms with Crippen molar-refractivity contribution in [1.29, 1.82) is 0 Å². The van der Waals surface area contributed by atoms with Crippen LogP contribution in [0.1, 0.15) is 175 Å². The van der Waals surface area contributed by atoms with Crippen molar-refractivity contribution in [2.24, 2.45) is 0 Å².